The average molecular weight is 480 g/mol. The first kappa shape index (κ1) is 23.6. The lowest BCUT2D eigenvalue weighted by Gasteiger charge is -2.34. The van der Waals surface area contributed by atoms with Gasteiger partial charge in [0, 0.05) is 32.1 Å². The Hall–Kier alpha value is -2.11. The van der Waals surface area contributed by atoms with Gasteiger partial charge < -0.3 is 9.42 Å². The summed E-state index contributed by atoms with van der Waals surface area (Å²) in [6.07, 6.45) is -4.78. The molecular formula is C19H21ClF3N3O4S. The Bertz CT molecular complexity index is 1090. The number of amides is 1. The Kier molecular flexibility index (Phi) is 6.41. The van der Waals surface area contributed by atoms with Crippen LogP contribution in [0.15, 0.2) is 27.6 Å². The fourth-order valence-electron chi connectivity index (χ4n) is 3.36. The van der Waals surface area contributed by atoms with Crippen LogP contribution in [-0.2, 0) is 16.2 Å². The topological polar surface area (TPSA) is 83.7 Å². The van der Waals surface area contributed by atoms with Crippen LogP contribution in [-0.4, -0.2) is 54.9 Å². The molecule has 170 valence electrons. The van der Waals surface area contributed by atoms with Crippen molar-refractivity contribution in [3.05, 3.63) is 45.8 Å². The highest BCUT2D eigenvalue weighted by molar-refractivity contribution is 7.89. The number of aryl methyl sites for hydroxylation is 1. The van der Waals surface area contributed by atoms with Crippen LogP contribution in [0, 0.1) is 6.92 Å². The fourth-order valence-corrected chi connectivity index (χ4v) is 5.04. The molecule has 1 amide bonds. The van der Waals surface area contributed by atoms with E-state index in [1.54, 1.807) is 6.92 Å². The van der Waals surface area contributed by atoms with Crippen LogP contribution in [0.3, 0.4) is 0 Å². The van der Waals surface area contributed by atoms with E-state index in [-0.39, 0.29) is 38.0 Å². The molecule has 1 aromatic carbocycles. The normalized spacial score (nSPS) is 16.2. The highest BCUT2D eigenvalue weighted by atomic mass is 35.5. The van der Waals surface area contributed by atoms with Crippen LogP contribution in [0.2, 0.25) is 5.02 Å². The molecule has 7 nitrogen and oxygen atoms in total. The molecule has 0 spiro atoms. The minimum absolute atomic E-state index is 0.0562. The van der Waals surface area contributed by atoms with Crippen LogP contribution in [0.4, 0.5) is 13.2 Å². The minimum atomic E-state index is -4.78. The second-order valence-electron chi connectivity index (χ2n) is 7.50. The predicted molar refractivity (Wildman–Crippen MR) is 106 cm³/mol. The van der Waals surface area contributed by atoms with E-state index in [1.807, 2.05) is 13.8 Å². The van der Waals surface area contributed by atoms with Gasteiger partial charge in [0.05, 0.1) is 21.2 Å². The van der Waals surface area contributed by atoms with Crippen molar-refractivity contribution in [2.75, 3.05) is 26.2 Å². The summed E-state index contributed by atoms with van der Waals surface area (Å²) in [4.78, 5) is 13.9. The molecule has 1 fully saturated rings. The molecule has 0 atom stereocenters. The van der Waals surface area contributed by atoms with E-state index in [2.05, 4.69) is 5.16 Å². The molecule has 0 radical (unpaired) electrons. The number of hydrogen-bond donors (Lipinski definition) is 0. The number of piperazine rings is 1. The SMILES string of the molecule is Cc1noc(C(C)C)c1C(=O)N1CCN(S(=O)(=O)c2ccc(Cl)c(C(F)(F)F)c2)CC1. The summed E-state index contributed by atoms with van der Waals surface area (Å²) >= 11 is 5.58. The van der Waals surface area contributed by atoms with E-state index in [0.29, 0.717) is 23.1 Å². The first-order valence-corrected chi connectivity index (χ1v) is 11.3. The molecule has 0 N–H and O–H groups in total. The van der Waals surface area contributed by atoms with Gasteiger partial charge in [-0.15, -0.1) is 0 Å². The summed E-state index contributed by atoms with van der Waals surface area (Å²) < 4.78 is 71.4. The van der Waals surface area contributed by atoms with E-state index in [4.69, 9.17) is 16.1 Å². The highest BCUT2D eigenvalue weighted by Crippen LogP contribution is 2.36. The molecule has 0 bridgehead atoms. The molecule has 0 saturated carbocycles. The largest absolute Gasteiger partial charge is 0.417 e. The number of alkyl halides is 3. The van der Waals surface area contributed by atoms with Gasteiger partial charge in [-0.05, 0) is 25.1 Å². The number of benzene rings is 1. The van der Waals surface area contributed by atoms with Gasteiger partial charge in [0.2, 0.25) is 10.0 Å². The first-order valence-electron chi connectivity index (χ1n) is 9.46. The molecule has 0 unspecified atom stereocenters. The molecule has 1 aliphatic heterocycles. The summed E-state index contributed by atoms with van der Waals surface area (Å²) in [5.74, 6) is 0.0818. The Morgan fingerprint density at radius 3 is 2.35 bits per heavy atom. The number of carbonyl (C=O) groups excluding carboxylic acids is 1. The number of nitrogens with zero attached hydrogens (tertiary/aromatic N) is 3. The molecular weight excluding hydrogens is 459 g/mol. The lowest BCUT2D eigenvalue weighted by atomic mass is 10.0. The van der Waals surface area contributed by atoms with Crippen molar-refractivity contribution in [3.8, 4) is 0 Å². The summed E-state index contributed by atoms with van der Waals surface area (Å²) in [7, 11) is -4.19. The fraction of sp³-hybridized carbons (Fsp3) is 0.474. The van der Waals surface area contributed by atoms with Crippen molar-refractivity contribution in [1.29, 1.82) is 0 Å². The second kappa shape index (κ2) is 8.44. The quantitative estimate of drug-likeness (QED) is 0.663. The van der Waals surface area contributed by atoms with Crippen LogP contribution in [0.25, 0.3) is 0 Å². The molecule has 1 aliphatic rings. The number of halogens is 4. The Balaban J connectivity index is 1.78. The zero-order chi connectivity index (χ0) is 23.1. The third-order valence-electron chi connectivity index (χ3n) is 5.03. The van der Waals surface area contributed by atoms with E-state index >= 15 is 0 Å². The number of rotatable bonds is 4. The smallest absolute Gasteiger partial charge is 0.360 e. The molecule has 2 heterocycles. The van der Waals surface area contributed by atoms with Crippen molar-refractivity contribution in [2.24, 2.45) is 0 Å². The lowest BCUT2D eigenvalue weighted by molar-refractivity contribution is -0.137. The van der Waals surface area contributed by atoms with Crippen molar-refractivity contribution in [1.82, 2.24) is 14.4 Å². The highest BCUT2D eigenvalue weighted by Gasteiger charge is 2.37. The maximum atomic E-state index is 13.1. The lowest BCUT2D eigenvalue weighted by Crippen LogP contribution is -2.50. The van der Waals surface area contributed by atoms with Crippen molar-refractivity contribution in [3.63, 3.8) is 0 Å². The van der Waals surface area contributed by atoms with Crippen LogP contribution >= 0.6 is 11.6 Å². The number of hydrogen-bond acceptors (Lipinski definition) is 5. The molecule has 2 aromatic rings. The number of sulfonamides is 1. The third kappa shape index (κ3) is 4.58. The van der Waals surface area contributed by atoms with Gasteiger partial charge >= 0.3 is 6.18 Å². The minimum Gasteiger partial charge on any atom is -0.360 e. The van der Waals surface area contributed by atoms with Gasteiger partial charge in [0.1, 0.15) is 5.56 Å². The Morgan fingerprint density at radius 2 is 1.81 bits per heavy atom. The molecule has 3 rings (SSSR count). The average Bonchev–Trinajstić information content (AvgIpc) is 3.08. The first-order chi connectivity index (χ1) is 14.3. The van der Waals surface area contributed by atoms with E-state index < -0.39 is 31.7 Å². The maximum absolute atomic E-state index is 13.1. The molecule has 0 aliphatic carbocycles. The van der Waals surface area contributed by atoms with Gasteiger partial charge in [0.15, 0.2) is 5.76 Å². The molecule has 12 heteroatoms. The Morgan fingerprint density at radius 1 is 1.19 bits per heavy atom. The molecule has 1 saturated heterocycles. The zero-order valence-electron chi connectivity index (χ0n) is 17.0. The Labute approximate surface area is 182 Å². The summed E-state index contributed by atoms with van der Waals surface area (Å²) in [6.45, 7) is 5.44. The number of aromatic nitrogens is 1. The summed E-state index contributed by atoms with van der Waals surface area (Å²) in [6, 6.07) is 2.49. The van der Waals surface area contributed by atoms with Gasteiger partial charge in [0.25, 0.3) is 5.91 Å². The summed E-state index contributed by atoms with van der Waals surface area (Å²) in [5, 5.41) is 3.27. The van der Waals surface area contributed by atoms with Gasteiger partial charge in [-0.1, -0.05) is 30.6 Å². The van der Waals surface area contributed by atoms with E-state index in [9.17, 15) is 26.4 Å². The predicted octanol–water partition coefficient (Wildman–Crippen LogP) is 3.93. The van der Waals surface area contributed by atoms with Crippen LogP contribution in [0.1, 0.15) is 47.1 Å². The maximum Gasteiger partial charge on any atom is 0.417 e. The monoisotopic (exact) mass is 479 g/mol. The van der Waals surface area contributed by atoms with Crippen LogP contribution < -0.4 is 0 Å². The molecule has 1 aromatic heterocycles. The molecule has 31 heavy (non-hydrogen) atoms. The summed E-state index contributed by atoms with van der Waals surface area (Å²) in [5.41, 5.74) is -0.406. The number of carbonyl (C=O) groups is 1. The van der Waals surface area contributed by atoms with Crippen molar-refractivity contribution in [2.45, 2.75) is 37.8 Å². The van der Waals surface area contributed by atoms with E-state index in [0.717, 1.165) is 16.4 Å². The van der Waals surface area contributed by atoms with E-state index in [1.165, 1.54) is 4.90 Å². The third-order valence-corrected chi connectivity index (χ3v) is 7.26. The van der Waals surface area contributed by atoms with Crippen molar-refractivity contribution < 1.29 is 30.9 Å². The van der Waals surface area contributed by atoms with Crippen LogP contribution in [0.5, 0.6) is 0 Å². The van der Waals surface area contributed by atoms with Crippen molar-refractivity contribution >= 4 is 27.5 Å². The standard InChI is InChI=1S/C19H21ClF3N3O4S/c1-11(2)17-16(12(3)24-30-17)18(27)25-6-8-26(9-7-25)31(28,29)13-4-5-15(20)14(10-13)19(21,22)23/h4-5,10-11H,6-9H2,1-3H3. The van der Waals surface area contributed by atoms with Gasteiger partial charge in [-0.25, -0.2) is 8.42 Å². The van der Waals surface area contributed by atoms with Gasteiger partial charge in [-0.3, -0.25) is 4.79 Å². The second-order valence-corrected chi connectivity index (χ2v) is 9.84. The van der Waals surface area contributed by atoms with Gasteiger partial charge in [-0.2, -0.15) is 17.5 Å². The zero-order valence-corrected chi connectivity index (χ0v) is 18.6.